The minimum absolute atomic E-state index is 0.125. The lowest BCUT2D eigenvalue weighted by molar-refractivity contribution is 1.01. The van der Waals surface area contributed by atoms with Crippen LogP contribution >= 0.6 is 0 Å². The molecule has 3 aromatic rings. The van der Waals surface area contributed by atoms with Crippen LogP contribution < -0.4 is 0 Å². The Morgan fingerprint density at radius 3 is 2.33 bits per heavy atom. The number of aromatic nitrogens is 2. The molecule has 0 amide bonds. The second-order valence-corrected chi connectivity index (χ2v) is 11.6. The van der Waals surface area contributed by atoms with Crippen molar-refractivity contribution in [3.8, 4) is 0 Å². The Labute approximate surface area is 274 Å². The van der Waals surface area contributed by atoms with E-state index < -0.39 is 0 Å². The van der Waals surface area contributed by atoms with Gasteiger partial charge in [-0.3, -0.25) is 0 Å². The molecule has 0 bridgehead atoms. The average Bonchev–Trinajstić information content (AvgIpc) is 3.60. The highest BCUT2D eigenvalue weighted by atomic mass is 14.8. The highest BCUT2D eigenvalue weighted by Gasteiger charge is 2.16. The van der Waals surface area contributed by atoms with Crippen molar-refractivity contribution in [2.24, 2.45) is 5.92 Å². The van der Waals surface area contributed by atoms with Crippen molar-refractivity contribution in [1.82, 2.24) is 9.97 Å². The van der Waals surface area contributed by atoms with E-state index in [0.717, 1.165) is 48.2 Å². The first-order chi connectivity index (χ1) is 22.8. The molecule has 0 N–H and O–H groups in total. The van der Waals surface area contributed by atoms with Crippen LogP contribution in [0.25, 0.3) is 22.3 Å². The molecular weight excluding hydrogens is 556 g/mol. The zero-order chi connectivity index (χ0) is 31.4. The highest BCUT2D eigenvalue weighted by Crippen LogP contribution is 2.34. The molecule has 0 saturated carbocycles. The van der Waals surface area contributed by atoms with Gasteiger partial charge in [0.2, 0.25) is 0 Å². The summed E-state index contributed by atoms with van der Waals surface area (Å²) < 4.78 is 0. The standard InChI is InChI=1S/C44H40N2/c1-2-3-4-5-10-17-34-28-38(35-20-13-8-14-21-35)26-27-41(29-34)43-32-44(46-33-45-43)42-30-39(36-18-11-6-7-12-19-36)24-25-40(31-42)37-22-15-9-16-23-37/h3-6,8-16,18-25,27-33,39H,2,7,17,26H2,1H3/b4-3-,10-5-. The van der Waals surface area contributed by atoms with Crippen molar-refractivity contribution >= 4 is 22.3 Å². The second-order valence-electron chi connectivity index (χ2n) is 11.6. The summed E-state index contributed by atoms with van der Waals surface area (Å²) in [7, 11) is 0. The average molecular weight is 597 g/mol. The number of allylic oxidation sites excluding steroid dienone is 22. The monoisotopic (exact) mass is 596 g/mol. The van der Waals surface area contributed by atoms with Gasteiger partial charge in [-0.1, -0.05) is 153 Å². The van der Waals surface area contributed by atoms with E-state index in [-0.39, 0.29) is 5.92 Å². The third-order valence-electron chi connectivity index (χ3n) is 8.27. The van der Waals surface area contributed by atoms with Gasteiger partial charge in [0.1, 0.15) is 6.33 Å². The van der Waals surface area contributed by atoms with Crippen LogP contribution in [0.1, 0.15) is 55.1 Å². The fourth-order valence-corrected chi connectivity index (χ4v) is 5.84. The van der Waals surface area contributed by atoms with Crippen molar-refractivity contribution in [3.63, 3.8) is 0 Å². The Balaban J connectivity index is 1.38. The van der Waals surface area contributed by atoms with Crippen molar-refractivity contribution in [2.75, 3.05) is 0 Å². The van der Waals surface area contributed by atoms with E-state index in [2.05, 4.69) is 171 Å². The van der Waals surface area contributed by atoms with Gasteiger partial charge in [0.15, 0.2) is 0 Å². The molecule has 3 aliphatic rings. The van der Waals surface area contributed by atoms with E-state index in [1.165, 1.54) is 33.4 Å². The lowest BCUT2D eigenvalue weighted by Crippen LogP contribution is -1.98. The SMILES string of the molecule is CC/C=C\C=C/CC1=CC(c2cc(C3=CC(C4=CC=CCC=C4)C=CC(c4ccccc4)=C3)ncn2)=CCC(c2ccccc2)=C1. The van der Waals surface area contributed by atoms with Gasteiger partial charge < -0.3 is 0 Å². The fourth-order valence-electron chi connectivity index (χ4n) is 5.84. The van der Waals surface area contributed by atoms with Crippen LogP contribution in [0.3, 0.4) is 0 Å². The Kier molecular flexibility index (Phi) is 10.4. The number of rotatable bonds is 9. The number of hydrogen-bond acceptors (Lipinski definition) is 2. The largest absolute Gasteiger partial charge is 0.236 e. The summed E-state index contributed by atoms with van der Waals surface area (Å²) in [6.45, 7) is 2.16. The van der Waals surface area contributed by atoms with E-state index >= 15 is 0 Å². The second kappa shape index (κ2) is 15.6. The van der Waals surface area contributed by atoms with Gasteiger partial charge in [0.05, 0.1) is 11.4 Å². The van der Waals surface area contributed by atoms with Gasteiger partial charge in [0, 0.05) is 5.92 Å². The van der Waals surface area contributed by atoms with E-state index in [4.69, 9.17) is 9.97 Å². The van der Waals surface area contributed by atoms with Crippen molar-refractivity contribution < 1.29 is 0 Å². The molecule has 0 saturated heterocycles. The molecule has 6 rings (SSSR count). The maximum atomic E-state index is 4.83. The fraction of sp³-hybridized carbons (Fsp3) is 0.136. The van der Waals surface area contributed by atoms with E-state index in [1.807, 2.05) is 0 Å². The van der Waals surface area contributed by atoms with Gasteiger partial charge in [-0.05, 0) is 88.5 Å². The van der Waals surface area contributed by atoms with Gasteiger partial charge in [-0.15, -0.1) is 0 Å². The zero-order valence-electron chi connectivity index (χ0n) is 26.5. The number of hydrogen-bond donors (Lipinski definition) is 0. The van der Waals surface area contributed by atoms with Gasteiger partial charge in [-0.2, -0.15) is 0 Å². The molecule has 226 valence electrons. The smallest absolute Gasteiger partial charge is 0.116 e. The molecule has 3 aliphatic carbocycles. The molecule has 0 radical (unpaired) electrons. The van der Waals surface area contributed by atoms with Crippen molar-refractivity contribution in [2.45, 2.75) is 32.6 Å². The quantitative estimate of drug-likeness (QED) is 0.230. The first kappa shape index (κ1) is 30.7. The molecule has 1 unspecified atom stereocenters. The predicted octanol–water partition coefficient (Wildman–Crippen LogP) is 11.3. The maximum absolute atomic E-state index is 4.83. The Hall–Kier alpha value is -5.34. The van der Waals surface area contributed by atoms with Crippen LogP contribution in [-0.2, 0) is 0 Å². The van der Waals surface area contributed by atoms with E-state index in [9.17, 15) is 0 Å². The third-order valence-corrected chi connectivity index (χ3v) is 8.27. The van der Waals surface area contributed by atoms with Crippen LogP contribution in [0.2, 0.25) is 0 Å². The van der Waals surface area contributed by atoms with Crippen molar-refractivity contribution in [1.29, 1.82) is 0 Å². The minimum Gasteiger partial charge on any atom is -0.236 e. The van der Waals surface area contributed by atoms with E-state index in [0.29, 0.717) is 0 Å². The normalized spacial score (nSPS) is 18.2. The van der Waals surface area contributed by atoms with Crippen LogP contribution in [-0.4, -0.2) is 9.97 Å². The summed E-state index contributed by atoms with van der Waals surface area (Å²) in [5, 5.41) is 0. The lowest BCUT2D eigenvalue weighted by atomic mass is 9.94. The summed E-state index contributed by atoms with van der Waals surface area (Å²) in [6.07, 6.45) is 41.2. The topological polar surface area (TPSA) is 25.8 Å². The van der Waals surface area contributed by atoms with Gasteiger partial charge in [-0.25, -0.2) is 9.97 Å². The van der Waals surface area contributed by atoms with Crippen molar-refractivity contribution in [3.05, 3.63) is 204 Å². The van der Waals surface area contributed by atoms with Gasteiger partial charge in [0.25, 0.3) is 0 Å². The molecule has 46 heavy (non-hydrogen) atoms. The Bertz CT molecular complexity index is 1870. The lowest BCUT2D eigenvalue weighted by Gasteiger charge is -2.11. The van der Waals surface area contributed by atoms with Crippen LogP contribution in [0.15, 0.2) is 181 Å². The summed E-state index contributed by atoms with van der Waals surface area (Å²) in [6, 6.07) is 23.4. The first-order valence-corrected chi connectivity index (χ1v) is 16.3. The number of nitrogens with zero attached hydrogens (tertiary/aromatic N) is 2. The summed E-state index contributed by atoms with van der Waals surface area (Å²) in [5.41, 5.74) is 11.5. The van der Waals surface area contributed by atoms with Crippen LogP contribution in [0.5, 0.6) is 0 Å². The Morgan fingerprint density at radius 1 is 0.761 bits per heavy atom. The third kappa shape index (κ3) is 8.02. The molecule has 2 heteroatoms. The summed E-state index contributed by atoms with van der Waals surface area (Å²) in [5.74, 6) is 0.125. The zero-order valence-corrected chi connectivity index (χ0v) is 26.5. The van der Waals surface area contributed by atoms with Crippen LogP contribution in [0.4, 0.5) is 0 Å². The molecule has 0 spiro atoms. The molecule has 2 aromatic carbocycles. The Morgan fingerprint density at radius 2 is 1.52 bits per heavy atom. The van der Waals surface area contributed by atoms with Crippen LogP contribution in [0, 0.1) is 5.92 Å². The minimum atomic E-state index is 0.125. The summed E-state index contributed by atoms with van der Waals surface area (Å²) >= 11 is 0. The molecule has 0 fully saturated rings. The summed E-state index contributed by atoms with van der Waals surface area (Å²) in [4.78, 5) is 9.63. The highest BCUT2D eigenvalue weighted by molar-refractivity contribution is 5.89. The van der Waals surface area contributed by atoms with E-state index in [1.54, 1.807) is 6.33 Å². The number of benzene rings is 2. The maximum Gasteiger partial charge on any atom is 0.116 e. The van der Waals surface area contributed by atoms with Gasteiger partial charge >= 0.3 is 0 Å². The molecule has 1 heterocycles. The molecule has 2 nitrogen and oxygen atoms in total. The molecule has 1 aromatic heterocycles. The molecule has 0 aliphatic heterocycles. The molecule has 1 atom stereocenters. The molecular formula is C44H40N2. The first-order valence-electron chi connectivity index (χ1n) is 16.3. The predicted molar refractivity (Wildman–Crippen MR) is 196 cm³/mol.